The summed E-state index contributed by atoms with van der Waals surface area (Å²) >= 11 is 0. The Kier molecular flexibility index (Phi) is 5.57. The van der Waals surface area contributed by atoms with Gasteiger partial charge in [0.1, 0.15) is 11.8 Å². The molecule has 8 heteroatoms. The SMILES string of the molecule is CC(Cc1ccco1)NC(=O)N[C@@H](CC(N)=O)C(=O)O. The number of amides is 3. The maximum atomic E-state index is 11.6. The summed E-state index contributed by atoms with van der Waals surface area (Å²) in [5.74, 6) is -1.43. The summed E-state index contributed by atoms with van der Waals surface area (Å²) in [5, 5.41) is 13.6. The van der Waals surface area contributed by atoms with E-state index in [4.69, 9.17) is 15.3 Å². The van der Waals surface area contributed by atoms with E-state index in [1.807, 2.05) is 0 Å². The van der Waals surface area contributed by atoms with Crippen LogP contribution >= 0.6 is 0 Å². The molecule has 0 aliphatic carbocycles. The van der Waals surface area contributed by atoms with Crippen LogP contribution in [0.25, 0.3) is 0 Å². The van der Waals surface area contributed by atoms with Crippen LogP contribution in [0.2, 0.25) is 0 Å². The summed E-state index contributed by atoms with van der Waals surface area (Å²) in [4.78, 5) is 33.2. The number of primary amides is 1. The standard InChI is InChI=1S/C12H17N3O5/c1-7(5-8-3-2-4-20-8)14-12(19)15-9(11(17)18)6-10(13)16/h2-4,7,9H,5-6H2,1H3,(H2,13,16)(H,17,18)(H2,14,15,19)/t7?,9-/m0/s1. The van der Waals surface area contributed by atoms with Crippen molar-refractivity contribution >= 4 is 17.9 Å². The van der Waals surface area contributed by atoms with Gasteiger partial charge in [-0.25, -0.2) is 9.59 Å². The van der Waals surface area contributed by atoms with Crippen LogP contribution in [0, 0.1) is 0 Å². The maximum Gasteiger partial charge on any atom is 0.326 e. The zero-order chi connectivity index (χ0) is 15.1. The lowest BCUT2D eigenvalue weighted by Crippen LogP contribution is -2.50. The van der Waals surface area contributed by atoms with Crippen molar-refractivity contribution in [3.8, 4) is 0 Å². The highest BCUT2D eigenvalue weighted by Crippen LogP contribution is 2.03. The molecule has 0 aliphatic rings. The van der Waals surface area contributed by atoms with Crippen molar-refractivity contribution in [3.05, 3.63) is 24.2 Å². The van der Waals surface area contributed by atoms with Gasteiger partial charge in [-0.2, -0.15) is 0 Å². The molecule has 20 heavy (non-hydrogen) atoms. The Morgan fingerprint density at radius 3 is 2.60 bits per heavy atom. The molecule has 1 aromatic heterocycles. The number of hydrogen-bond acceptors (Lipinski definition) is 4. The second-order valence-electron chi connectivity index (χ2n) is 4.36. The van der Waals surface area contributed by atoms with Crippen LogP contribution in [0.3, 0.4) is 0 Å². The predicted molar refractivity (Wildman–Crippen MR) is 68.8 cm³/mol. The Morgan fingerprint density at radius 2 is 2.10 bits per heavy atom. The summed E-state index contributed by atoms with van der Waals surface area (Å²) in [6, 6.07) is 1.21. The number of carbonyl (C=O) groups is 3. The topological polar surface area (TPSA) is 135 Å². The zero-order valence-corrected chi connectivity index (χ0v) is 11.0. The minimum Gasteiger partial charge on any atom is -0.480 e. The van der Waals surface area contributed by atoms with Gasteiger partial charge in [0.25, 0.3) is 0 Å². The van der Waals surface area contributed by atoms with Crippen molar-refractivity contribution in [3.63, 3.8) is 0 Å². The van der Waals surface area contributed by atoms with Crippen LogP contribution in [-0.4, -0.2) is 35.1 Å². The fourth-order valence-electron chi connectivity index (χ4n) is 1.61. The van der Waals surface area contributed by atoms with Gasteiger partial charge >= 0.3 is 12.0 Å². The largest absolute Gasteiger partial charge is 0.480 e. The molecular weight excluding hydrogens is 266 g/mol. The first-order valence-corrected chi connectivity index (χ1v) is 5.99. The summed E-state index contributed by atoms with van der Waals surface area (Å²) in [7, 11) is 0. The number of carboxylic acids is 1. The highest BCUT2D eigenvalue weighted by molar-refractivity contribution is 5.87. The van der Waals surface area contributed by atoms with E-state index in [0.717, 1.165) is 0 Å². The molecule has 0 saturated heterocycles. The Morgan fingerprint density at radius 1 is 1.40 bits per heavy atom. The first-order valence-electron chi connectivity index (χ1n) is 5.99. The van der Waals surface area contributed by atoms with Gasteiger partial charge in [0.05, 0.1) is 12.7 Å². The van der Waals surface area contributed by atoms with E-state index in [2.05, 4.69) is 10.6 Å². The number of aliphatic carboxylic acids is 1. The number of hydrogen-bond donors (Lipinski definition) is 4. The monoisotopic (exact) mass is 283 g/mol. The summed E-state index contributed by atoms with van der Waals surface area (Å²) in [6.07, 6.45) is 1.53. The molecule has 1 rings (SSSR count). The molecule has 0 aromatic carbocycles. The van der Waals surface area contributed by atoms with Crippen LogP contribution in [0.5, 0.6) is 0 Å². The summed E-state index contributed by atoms with van der Waals surface area (Å²) in [6.45, 7) is 1.74. The van der Waals surface area contributed by atoms with Crippen molar-refractivity contribution in [2.45, 2.75) is 31.8 Å². The molecule has 1 heterocycles. The summed E-state index contributed by atoms with van der Waals surface area (Å²) in [5.41, 5.74) is 4.91. The molecule has 5 N–H and O–H groups in total. The van der Waals surface area contributed by atoms with E-state index in [9.17, 15) is 14.4 Å². The van der Waals surface area contributed by atoms with E-state index in [1.165, 1.54) is 6.26 Å². The van der Waals surface area contributed by atoms with E-state index in [1.54, 1.807) is 19.1 Å². The lowest BCUT2D eigenvalue weighted by atomic mass is 10.2. The second kappa shape index (κ2) is 7.17. The Labute approximate surface area is 115 Å². The molecule has 0 radical (unpaired) electrons. The Hall–Kier alpha value is -2.51. The molecule has 110 valence electrons. The molecular formula is C12H17N3O5. The van der Waals surface area contributed by atoms with Gasteiger partial charge in [-0.3, -0.25) is 4.79 Å². The molecule has 1 unspecified atom stereocenters. The molecule has 0 aliphatic heterocycles. The number of nitrogens with two attached hydrogens (primary N) is 1. The maximum absolute atomic E-state index is 11.6. The predicted octanol–water partition coefficient (Wildman–Crippen LogP) is -0.162. The van der Waals surface area contributed by atoms with Gasteiger partial charge < -0.3 is 25.9 Å². The number of carbonyl (C=O) groups excluding carboxylic acids is 2. The van der Waals surface area contributed by atoms with Crippen molar-refractivity contribution < 1.29 is 23.9 Å². The van der Waals surface area contributed by atoms with Crippen molar-refractivity contribution in [2.75, 3.05) is 0 Å². The van der Waals surface area contributed by atoms with Gasteiger partial charge in [0.2, 0.25) is 5.91 Å². The fraction of sp³-hybridized carbons (Fsp3) is 0.417. The Balaban J connectivity index is 2.44. The van der Waals surface area contributed by atoms with Crippen molar-refractivity contribution in [2.24, 2.45) is 5.73 Å². The molecule has 3 amide bonds. The number of rotatable bonds is 7. The normalized spacial score (nSPS) is 13.2. The third-order valence-electron chi connectivity index (χ3n) is 2.47. The molecule has 1 aromatic rings. The van der Waals surface area contributed by atoms with Crippen LogP contribution in [-0.2, 0) is 16.0 Å². The highest BCUT2D eigenvalue weighted by Gasteiger charge is 2.22. The second-order valence-corrected chi connectivity index (χ2v) is 4.36. The van der Waals surface area contributed by atoms with Gasteiger partial charge in [0, 0.05) is 12.5 Å². The average Bonchev–Trinajstić information content (AvgIpc) is 2.79. The average molecular weight is 283 g/mol. The Bertz CT molecular complexity index is 471. The number of carboxylic acid groups (broad SMARTS) is 1. The lowest BCUT2D eigenvalue weighted by molar-refractivity contribution is -0.140. The first kappa shape index (κ1) is 15.5. The van der Waals surface area contributed by atoms with Gasteiger partial charge in [-0.05, 0) is 19.1 Å². The van der Waals surface area contributed by atoms with Crippen LogP contribution in [0.4, 0.5) is 4.79 Å². The van der Waals surface area contributed by atoms with Gasteiger partial charge in [-0.1, -0.05) is 0 Å². The smallest absolute Gasteiger partial charge is 0.326 e. The van der Waals surface area contributed by atoms with Gasteiger partial charge in [-0.15, -0.1) is 0 Å². The first-order chi connectivity index (χ1) is 9.38. The zero-order valence-electron chi connectivity index (χ0n) is 11.0. The van der Waals surface area contributed by atoms with Crippen LogP contribution in [0.1, 0.15) is 19.1 Å². The third kappa shape index (κ3) is 5.42. The third-order valence-corrected chi connectivity index (χ3v) is 2.47. The van der Waals surface area contributed by atoms with Crippen molar-refractivity contribution in [1.82, 2.24) is 10.6 Å². The molecule has 0 fully saturated rings. The fourth-order valence-corrected chi connectivity index (χ4v) is 1.61. The van der Waals surface area contributed by atoms with Crippen LogP contribution in [0.15, 0.2) is 22.8 Å². The van der Waals surface area contributed by atoms with Crippen LogP contribution < -0.4 is 16.4 Å². The van der Waals surface area contributed by atoms with Gasteiger partial charge in [0.15, 0.2) is 0 Å². The van der Waals surface area contributed by atoms with E-state index in [-0.39, 0.29) is 6.04 Å². The minimum absolute atomic E-state index is 0.260. The number of urea groups is 1. The number of furan rings is 1. The highest BCUT2D eigenvalue weighted by atomic mass is 16.4. The van der Waals surface area contributed by atoms with E-state index >= 15 is 0 Å². The molecule has 2 atom stereocenters. The molecule has 8 nitrogen and oxygen atoms in total. The van der Waals surface area contributed by atoms with E-state index < -0.39 is 30.4 Å². The van der Waals surface area contributed by atoms with Crippen molar-refractivity contribution in [1.29, 1.82) is 0 Å². The minimum atomic E-state index is -1.34. The lowest BCUT2D eigenvalue weighted by Gasteiger charge is -2.17. The molecule has 0 saturated carbocycles. The molecule has 0 bridgehead atoms. The summed E-state index contributed by atoms with van der Waals surface area (Å²) < 4.78 is 5.13. The van der Waals surface area contributed by atoms with E-state index in [0.29, 0.717) is 12.2 Å². The quantitative estimate of drug-likeness (QED) is 0.551. The number of nitrogens with one attached hydrogen (secondary N) is 2. The molecule has 0 spiro atoms.